The number of phenolic OH excluding ortho intramolecular Hbond substituents is 1. The number of hydrogen-bond donors (Lipinski definition) is 2. The minimum Gasteiger partial charge on any atom is -0.508 e. The molecule has 1 unspecified atom stereocenters. The molecule has 3 rings (SSSR count). The molecule has 126 valence electrons. The smallest absolute Gasteiger partial charge is 0.217 e. The molecule has 1 aromatic carbocycles. The topological polar surface area (TPSA) is 82.7 Å². The van der Waals surface area contributed by atoms with E-state index in [-0.39, 0.29) is 17.7 Å². The molecule has 1 aliphatic heterocycles. The molecule has 1 amide bonds. The van der Waals surface area contributed by atoms with Crippen molar-refractivity contribution in [3.63, 3.8) is 0 Å². The predicted molar refractivity (Wildman–Crippen MR) is 94.1 cm³/mol. The van der Waals surface area contributed by atoms with Crippen molar-refractivity contribution in [1.82, 2.24) is 4.98 Å². The molecule has 6 heteroatoms. The molecule has 1 aromatic heterocycles. The number of benzene rings is 1. The maximum atomic E-state index is 11.2. The van der Waals surface area contributed by atoms with E-state index in [4.69, 9.17) is 5.73 Å². The van der Waals surface area contributed by atoms with Crippen molar-refractivity contribution >= 4 is 17.3 Å². The molecule has 0 saturated carbocycles. The highest BCUT2D eigenvalue weighted by Crippen LogP contribution is 2.28. The van der Waals surface area contributed by atoms with Gasteiger partial charge in [0.15, 0.2) is 0 Å². The summed E-state index contributed by atoms with van der Waals surface area (Å²) in [5.41, 5.74) is 7.44. The molecular formula is C18H22N4O2. The molecule has 0 bridgehead atoms. The van der Waals surface area contributed by atoms with Gasteiger partial charge in [-0.05, 0) is 30.7 Å². The minimum atomic E-state index is -0.285. The van der Waals surface area contributed by atoms with Gasteiger partial charge in [0.05, 0.1) is 0 Å². The first-order valence-corrected chi connectivity index (χ1v) is 8.12. The fourth-order valence-electron chi connectivity index (χ4n) is 3.21. The number of nitrogens with zero attached hydrogens (tertiary/aromatic N) is 3. The highest BCUT2D eigenvalue weighted by molar-refractivity contribution is 5.73. The average molecular weight is 326 g/mol. The second-order valence-corrected chi connectivity index (χ2v) is 6.02. The number of phenols is 1. The molecule has 1 fully saturated rings. The fraction of sp³-hybridized carbons (Fsp3) is 0.333. The van der Waals surface area contributed by atoms with Crippen LogP contribution >= 0.6 is 0 Å². The van der Waals surface area contributed by atoms with Crippen molar-refractivity contribution in [1.29, 1.82) is 0 Å². The Bertz CT molecular complexity index is 692. The van der Waals surface area contributed by atoms with E-state index < -0.39 is 0 Å². The van der Waals surface area contributed by atoms with Gasteiger partial charge in [0, 0.05) is 61.9 Å². The Morgan fingerprint density at radius 2 is 2.00 bits per heavy atom. The summed E-state index contributed by atoms with van der Waals surface area (Å²) in [6.07, 6.45) is 4.61. The predicted octanol–water partition coefficient (Wildman–Crippen LogP) is 1.75. The molecule has 2 aromatic rings. The first-order valence-electron chi connectivity index (χ1n) is 8.12. The summed E-state index contributed by atoms with van der Waals surface area (Å²) in [6.45, 7) is 2.48. The largest absolute Gasteiger partial charge is 0.508 e. The van der Waals surface area contributed by atoms with Crippen molar-refractivity contribution in [2.24, 2.45) is 5.73 Å². The maximum Gasteiger partial charge on any atom is 0.217 e. The van der Waals surface area contributed by atoms with Crippen molar-refractivity contribution in [3.05, 3.63) is 48.8 Å². The van der Waals surface area contributed by atoms with Crippen LogP contribution in [-0.2, 0) is 4.79 Å². The summed E-state index contributed by atoms with van der Waals surface area (Å²) < 4.78 is 0. The van der Waals surface area contributed by atoms with E-state index in [0.717, 1.165) is 31.0 Å². The highest BCUT2D eigenvalue weighted by atomic mass is 16.3. The number of aromatic nitrogens is 1. The van der Waals surface area contributed by atoms with Crippen molar-refractivity contribution in [3.8, 4) is 5.75 Å². The van der Waals surface area contributed by atoms with Gasteiger partial charge in [0.25, 0.3) is 0 Å². The van der Waals surface area contributed by atoms with E-state index in [1.165, 1.54) is 0 Å². The highest BCUT2D eigenvalue weighted by Gasteiger charge is 2.27. The summed E-state index contributed by atoms with van der Waals surface area (Å²) in [5.74, 6) is -0.0374. The lowest BCUT2D eigenvalue weighted by Crippen LogP contribution is -2.53. The van der Waals surface area contributed by atoms with Crippen LogP contribution in [0.4, 0.5) is 11.4 Å². The Hall–Kier alpha value is -2.76. The van der Waals surface area contributed by atoms with Crippen molar-refractivity contribution < 1.29 is 9.90 Å². The van der Waals surface area contributed by atoms with E-state index in [1.807, 2.05) is 24.3 Å². The second-order valence-electron chi connectivity index (χ2n) is 6.02. The summed E-state index contributed by atoms with van der Waals surface area (Å²) >= 11 is 0. The molecule has 0 radical (unpaired) electrons. The van der Waals surface area contributed by atoms with Crippen LogP contribution in [0.5, 0.6) is 5.75 Å². The lowest BCUT2D eigenvalue weighted by Gasteiger charge is -2.44. The first kappa shape index (κ1) is 16.1. The number of aromatic hydroxyl groups is 1. The van der Waals surface area contributed by atoms with Gasteiger partial charge in [-0.2, -0.15) is 0 Å². The number of piperazine rings is 1. The van der Waals surface area contributed by atoms with E-state index in [9.17, 15) is 9.90 Å². The number of carbonyl (C=O) groups is 1. The van der Waals surface area contributed by atoms with Gasteiger partial charge in [-0.25, -0.2) is 0 Å². The van der Waals surface area contributed by atoms with Gasteiger partial charge in [-0.3, -0.25) is 9.78 Å². The zero-order chi connectivity index (χ0) is 16.9. The summed E-state index contributed by atoms with van der Waals surface area (Å²) in [6, 6.07) is 11.4. The summed E-state index contributed by atoms with van der Waals surface area (Å²) in [7, 11) is 0. The number of hydrogen-bond acceptors (Lipinski definition) is 5. The molecule has 1 saturated heterocycles. The molecule has 3 N–H and O–H groups in total. The van der Waals surface area contributed by atoms with Crippen LogP contribution < -0.4 is 15.5 Å². The Balaban J connectivity index is 1.80. The molecule has 1 aliphatic rings. The number of anilines is 2. The molecule has 24 heavy (non-hydrogen) atoms. The van der Waals surface area contributed by atoms with Gasteiger partial charge < -0.3 is 20.6 Å². The zero-order valence-electron chi connectivity index (χ0n) is 13.5. The number of primary amides is 1. The van der Waals surface area contributed by atoms with Crippen LogP contribution in [0, 0.1) is 0 Å². The Labute approximate surface area is 141 Å². The van der Waals surface area contributed by atoms with Gasteiger partial charge in [-0.15, -0.1) is 0 Å². The van der Waals surface area contributed by atoms with Crippen LogP contribution in [-0.4, -0.2) is 41.7 Å². The van der Waals surface area contributed by atoms with Gasteiger partial charge in [0.1, 0.15) is 5.75 Å². The summed E-state index contributed by atoms with van der Waals surface area (Å²) in [5, 5.41) is 9.76. The minimum absolute atomic E-state index is 0.154. The molecule has 6 nitrogen and oxygen atoms in total. The molecule has 0 spiro atoms. The molecule has 1 atom stereocenters. The fourth-order valence-corrected chi connectivity index (χ4v) is 3.21. The number of pyridine rings is 1. The van der Waals surface area contributed by atoms with Crippen LogP contribution in [0.15, 0.2) is 48.8 Å². The molecule has 2 heterocycles. The molecule has 0 aliphatic carbocycles. The van der Waals surface area contributed by atoms with E-state index in [0.29, 0.717) is 12.8 Å². The van der Waals surface area contributed by atoms with E-state index >= 15 is 0 Å². The third kappa shape index (κ3) is 3.76. The zero-order valence-corrected chi connectivity index (χ0v) is 13.5. The van der Waals surface area contributed by atoms with Gasteiger partial charge >= 0.3 is 0 Å². The lowest BCUT2D eigenvalue weighted by atomic mass is 10.0. The number of rotatable bonds is 5. The normalized spacial score (nSPS) is 17.8. The lowest BCUT2D eigenvalue weighted by molar-refractivity contribution is -0.118. The second kappa shape index (κ2) is 7.21. The monoisotopic (exact) mass is 326 g/mol. The molecular weight excluding hydrogens is 304 g/mol. The van der Waals surface area contributed by atoms with Crippen molar-refractivity contribution in [2.75, 3.05) is 29.4 Å². The number of amides is 1. The standard InChI is InChI=1S/C18H22N4O2/c19-18(24)5-4-16-13-21(14-6-8-20-9-7-14)10-11-22(16)15-2-1-3-17(23)12-15/h1-3,6-9,12,16,23H,4-5,10-11,13H2,(H2,19,24). The Kier molecular flexibility index (Phi) is 4.84. The third-order valence-electron chi connectivity index (χ3n) is 4.40. The van der Waals surface area contributed by atoms with Gasteiger partial charge in [0.2, 0.25) is 5.91 Å². The van der Waals surface area contributed by atoms with E-state index in [2.05, 4.69) is 14.8 Å². The quantitative estimate of drug-likeness (QED) is 0.875. The third-order valence-corrected chi connectivity index (χ3v) is 4.40. The maximum absolute atomic E-state index is 11.2. The first-order chi connectivity index (χ1) is 11.6. The average Bonchev–Trinajstić information content (AvgIpc) is 2.60. The Morgan fingerprint density at radius 3 is 2.71 bits per heavy atom. The van der Waals surface area contributed by atoms with E-state index in [1.54, 1.807) is 24.5 Å². The van der Waals surface area contributed by atoms with Crippen LogP contribution in [0.1, 0.15) is 12.8 Å². The Morgan fingerprint density at radius 1 is 1.21 bits per heavy atom. The van der Waals surface area contributed by atoms with Crippen LogP contribution in [0.2, 0.25) is 0 Å². The van der Waals surface area contributed by atoms with Crippen LogP contribution in [0.25, 0.3) is 0 Å². The van der Waals surface area contributed by atoms with Crippen molar-refractivity contribution in [2.45, 2.75) is 18.9 Å². The number of carbonyl (C=O) groups excluding carboxylic acids is 1. The SMILES string of the molecule is NC(=O)CCC1CN(c2ccncc2)CCN1c1cccc(O)c1. The summed E-state index contributed by atoms with van der Waals surface area (Å²) in [4.78, 5) is 19.8. The van der Waals surface area contributed by atoms with Crippen LogP contribution in [0.3, 0.4) is 0 Å². The van der Waals surface area contributed by atoms with Gasteiger partial charge in [-0.1, -0.05) is 6.07 Å². The number of nitrogens with two attached hydrogens (primary N) is 1.